The lowest BCUT2D eigenvalue weighted by Crippen LogP contribution is -2.45. The van der Waals surface area contributed by atoms with Gasteiger partial charge in [-0.1, -0.05) is 0 Å². The zero-order valence-electron chi connectivity index (χ0n) is 10.1. The first kappa shape index (κ1) is 14.0. The largest absolute Gasteiger partial charge is 0.347 e. The van der Waals surface area contributed by atoms with Gasteiger partial charge in [0.1, 0.15) is 0 Å². The molecule has 0 bridgehead atoms. The smallest absolute Gasteiger partial charge is 0.242 e. The Kier molecular flexibility index (Phi) is 4.50. The molecule has 6 nitrogen and oxygen atoms in total. The van der Waals surface area contributed by atoms with Crippen LogP contribution < -0.4 is 5.32 Å². The molecular weight excluding hydrogens is 244 g/mol. The lowest BCUT2D eigenvalue weighted by atomic mass is 10.2. The molecule has 1 saturated heterocycles. The third-order valence-corrected chi connectivity index (χ3v) is 4.55. The van der Waals surface area contributed by atoms with Gasteiger partial charge in [-0.2, -0.15) is 0 Å². The van der Waals surface area contributed by atoms with Crippen molar-refractivity contribution in [3.63, 3.8) is 0 Å². The molecular formula is C10H18N2O4S. The maximum atomic E-state index is 11.8. The molecule has 17 heavy (non-hydrogen) atoms. The monoisotopic (exact) mass is 262 g/mol. The van der Waals surface area contributed by atoms with E-state index in [1.807, 2.05) is 0 Å². The molecule has 1 atom stereocenters. The predicted octanol–water partition coefficient (Wildman–Crippen LogP) is -0.842. The van der Waals surface area contributed by atoms with E-state index in [2.05, 4.69) is 5.32 Å². The van der Waals surface area contributed by atoms with E-state index in [1.54, 1.807) is 6.92 Å². The number of carbonyl (C=O) groups excluding carboxylic acids is 2. The number of nitrogens with one attached hydrogen (secondary N) is 1. The third-order valence-electron chi connectivity index (χ3n) is 2.80. The van der Waals surface area contributed by atoms with Gasteiger partial charge in [0, 0.05) is 19.5 Å². The zero-order valence-corrected chi connectivity index (χ0v) is 10.9. The normalized spacial score (nSPS) is 22.1. The Morgan fingerprint density at radius 2 is 2.06 bits per heavy atom. The van der Waals surface area contributed by atoms with Gasteiger partial charge in [-0.05, 0) is 13.3 Å². The first-order valence-corrected chi connectivity index (χ1v) is 7.42. The quantitative estimate of drug-likeness (QED) is 0.716. The Bertz CT molecular complexity index is 405. The highest BCUT2D eigenvalue weighted by atomic mass is 32.2. The van der Waals surface area contributed by atoms with Crippen molar-refractivity contribution in [1.82, 2.24) is 10.2 Å². The minimum Gasteiger partial charge on any atom is -0.347 e. The summed E-state index contributed by atoms with van der Waals surface area (Å²) in [7, 11) is -3.00. The Labute approximate surface area is 101 Å². The molecule has 0 aromatic heterocycles. The third kappa shape index (κ3) is 3.99. The fourth-order valence-electron chi connectivity index (χ4n) is 1.96. The average Bonchev–Trinajstić information content (AvgIpc) is 2.57. The van der Waals surface area contributed by atoms with Crippen molar-refractivity contribution in [3.05, 3.63) is 0 Å². The second-order valence-electron chi connectivity index (χ2n) is 4.15. The minimum atomic E-state index is -3.00. The van der Waals surface area contributed by atoms with Gasteiger partial charge in [0.15, 0.2) is 9.84 Å². The van der Waals surface area contributed by atoms with E-state index in [0.29, 0.717) is 13.0 Å². The molecule has 0 aliphatic carbocycles. The molecule has 0 aromatic rings. The van der Waals surface area contributed by atoms with Crippen LogP contribution in [0.25, 0.3) is 0 Å². The average molecular weight is 262 g/mol. The van der Waals surface area contributed by atoms with Crippen molar-refractivity contribution in [2.75, 3.05) is 24.6 Å². The number of carbonyl (C=O) groups is 2. The second kappa shape index (κ2) is 5.48. The second-order valence-corrected chi connectivity index (χ2v) is 6.38. The predicted molar refractivity (Wildman–Crippen MR) is 63.1 cm³/mol. The number of rotatable bonds is 4. The number of hydrogen-bond donors (Lipinski definition) is 1. The highest BCUT2D eigenvalue weighted by molar-refractivity contribution is 7.91. The van der Waals surface area contributed by atoms with Crippen molar-refractivity contribution >= 4 is 21.7 Å². The molecule has 0 radical (unpaired) electrons. The molecule has 1 heterocycles. The zero-order chi connectivity index (χ0) is 13.1. The highest BCUT2D eigenvalue weighted by Crippen LogP contribution is 2.17. The molecule has 0 saturated carbocycles. The topological polar surface area (TPSA) is 83.6 Å². The number of amides is 2. The maximum Gasteiger partial charge on any atom is 0.242 e. The minimum absolute atomic E-state index is 0.0344. The molecule has 0 aromatic carbocycles. The van der Waals surface area contributed by atoms with Gasteiger partial charge >= 0.3 is 0 Å². The molecule has 0 spiro atoms. The van der Waals surface area contributed by atoms with Crippen molar-refractivity contribution in [3.8, 4) is 0 Å². The molecule has 1 aliphatic rings. The van der Waals surface area contributed by atoms with E-state index >= 15 is 0 Å². The molecule has 1 N–H and O–H groups in total. The number of hydrogen-bond acceptors (Lipinski definition) is 4. The van der Waals surface area contributed by atoms with Gasteiger partial charge in [0.25, 0.3) is 0 Å². The maximum absolute atomic E-state index is 11.8. The van der Waals surface area contributed by atoms with Gasteiger partial charge < -0.3 is 10.2 Å². The Morgan fingerprint density at radius 1 is 1.41 bits per heavy atom. The molecule has 2 amide bonds. The fourth-order valence-corrected chi connectivity index (χ4v) is 3.69. The van der Waals surface area contributed by atoms with E-state index in [-0.39, 0.29) is 35.9 Å². The van der Waals surface area contributed by atoms with Crippen LogP contribution in [-0.4, -0.2) is 55.8 Å². The van der Waals surface area contributed by atoms with Crippen molar-refractivity contribution in [2.45, 2.75) is 26.3 Å². The van der Waals surface area contributed by atoms with Crippen LogP contribution in [0.1, 0.15) is 20.3 Å². The fraction of sp³-hybridized carbons (Fsp3) is 0.800. The highest BCUT2D eigenvalue weighted by Gasteiger charge is 2.33. The van der Waals surface area contributed by atoms with Crippen LogP contribution in [0.2, 0.25) is 0 Å². The Hall–Kier alpha value is -1.11. The van der Waals surface area contributed by atoms with E-state index < -0.39 is 9.84 Å². The van der Waals surface area contributed by atoms with E-state index in [0.717, 1.165) is 0 Å². The molecule has 1 aliphatic heterocycles. The van der Waals surface area contributed by atoms with Crippen molar-refractivity contribution in [2.24, 2.45) is 0 Å². The van der Waals surface area contributed by atoms with Gasteiger partial charge in [0.2, 0.25) is 11.8 Å². The summed E-state index contributed by atoms with van der Waals surface area (Å²) in [5, 5.41) is 2.42. The van der Waals surface area contributed by atoms with Crippen LogP contribution in [0.15, 0.2) is 0 Å². The summed E-state index contributed by atoms with van der Waals surface area (Å²) < 4.78 is 22.7. The van der Waals surface area contributed by atoms with E-state index in [9.17, 15) is 18.0 Å². The molecule has 1 unspecified atom stereocenters. The number of nitrogens with zero attached hydrogens (tertiary/aromatic N) is 1. The molecule has 7 heteroatoms. The standard InChI is InChI=1S/C10H18N2O4S/c1-3-12(10(14)6-11-8(2)13)9-4-5-17(15,16)7-9/h9H,3-7H2,1-2H3,(H,11,13). The van der Waals surface area contributed by atoms with Crippen LogP contribution in [0.3, 0.4) is 0 Å². The summed E-state index contributed by atoms with van der Waals surface area (Å²) in [5.74, 6) is -0.327. The summed E-state index contributed by atoms with van der Waals surface area (Å²) in [6, 6.07) is -0.244. The molecule has 1 fully saturated rings. The Morgan fingerprint density at radius 3 is 2.47 bits per heavy atom. The van der Waals surface area contributed by atoms with Crippen LogP contribution in [0.4, 0.5) is 0 Å². The van der Waals surface area contributed by atoms with E-state index in [1.165, 1.54) is 11.8 Å². The van der Waals surface area contributed by atoms with Crippen LogP contribution in [0.5, 0.6) is 0 Å². The summed E-state index contributed by atoms with van der Waals surface area (Å²) in [6.45, 7) is 3.53. The first-order valence-electron chi connectivity index (χ1n) is 5.60. The summed E-state index contributed by atoms with van der Waals surface area (Å²) >= 11 is 0. The molecule has 98 valence electrons. The first-order chi connectivity index (χ1) is 7.85. The number of likely N-dealkylation sites (N-methyl/N-ethyl adjacent to an activating group) is 1. The Balaban J connectivity index is 2.59. The van der Waals surface area contributed by atoms with Crippen LogP contribution in [-0.2, 0) is 19.4 Å². The molecule has 1 rings (SSSR count). The van der Waals surface area contributed by atoms with Crippen LogP contribution in [0, 0.1) is 0 Å². The van der Waals surface area contributed by atoms with Gasteiger partial charge in [-0.3, -0.25) is 9.59 Å². The van der Waals surface area contributed by atoms with Gasteiger partial charge in [0.05, 0.1) is 18.1 Å². The van der Waals surface area contributed by atoms with Crippen LogP contribution >= 0.6 is 0 Å². The van der Waals surface area contributed by atoms with Crippen molar-refractivity contribution in [1.29, 1.82) is 0 Å². The van der Waals surface area contributed by atoms with E-state index in [4.69, 9.17) is 0 Å². The van der Waals surface area contributed by atoms with Gasteiger partial charge in [-0.25, -0.2) is 8.42 Å². The summed E-state index contributed by atoms with van der Waals surface area (Å²) in [6.07, 6.45) is 0.488. The van der Waals surface area contributed by atoms with Crippen molar-refractivity contribution < 1.29 is 18.0 Å². The number of sulfone groups is 1. The SMILES string of the molecule is CCN(C(=O)CNC(C)=O)C1CCS(=O)(=O)C1. The lowest BCUT2D eigenvalue weighted by Gasteiger charge is -2.26. The van der Waals surface area contributed by atoms with Gasteiger partial charge in [-0.15, -0.1) is 0 Å². The lowest BCUT2D eigenvalue weighted by molar-refractivity contribution is -0.133. The summed E-state index contributed by atoms with van der Waals surface area (Å²) in [4.78, 5) is 24.0. The summed E-state index contributed by atoms with van der Waals surface area (Å²) in [5.41, 5.74) is 0.